The number of carboxylic acid groups (broad SMARTS) is 1. The van der Waals surface area contributed by atoms with Gasteiger partial charge in [0, 0.05) is 20.2 Å². The molecule has 0 fully saturated rings. The molecule has 4 nitrogen and oxygen atoms in total. The summed E-state index contributed by atoms with van der Waals surface area (Å²) in [6.07, 6.45) is 1.71. The van der Waals surface area contributed by atoms with Crippen molar-refractivity contribution in [1.82, 2.24) is 4.90 Å². The smallest absolute Gasteiger partial charge is 0.317 e. The molecule has 1 N–H and O–H groups in total. The molecule has 0 unspecified atom stereocenters. The van der Waals surface area contributed by atoms with Crippen molar-refractivity contribution in [2.24, 2.45) is 0 Å². The summed E-state index contributed by atoms with van der Waals surface area (Å²) in [4.78, 5) is 12.5. The third kappa shape index (κ3) is 5.12. The zero-order chi connectivity index (χ0) is 13.4. The molecule has 1 rings (SSSR count). The van der Waals surface area contributed by atoms with Gasteiger partial charge in [-0.1, -0.05) is 30.3 Å². The third-order valence-corrected chi connectivity index (χ3v) is 2.49. The van der Waals surface area contributed by atoms with Gasteiger partial charge in [-0.05, 0) is 11.1 Å². The summed E-state index contributed by atoms with van der Waals surface area (Å²) in [5.74, 6) is -0.826. The molecular weight excluding hydrogens is 230 g/mol. The van der Waals surface area contributed by atoms with Gasteiger partial charge in [-0.15, -0.1) is 6.58 Å². The summed E-state index contributed by atoms with van der Waals surface area (Å²) in [5, 5.41) is 8.81. The summed E-state index contributed by atoms with van der Waals surface area (Å²) in [5.41, 5.74) is 2.19. The van der Waals surface area contributed by atoms with Gasteiger partial charge in [-0.2, -0.15) is 0 Å². The minimum atomic E-state index is -0.826. The van der Waals surface area contributed by atoms with Gasteiger partial charge in [0.25, 0.3) is 0 Å². The molecule has 18 heavy (non-hydrogen) atoms. The molecule has 0 spiro atoms. The number of benzene rings is 1. The van der Waals surface area contributed by atoms with Crippen molar-refractivity contribution in [2.45, 2.75) is 13.2 Å². The van der Waals surface area contributed by atoms with Crippen LogP contribution in [0.1, 0.15) is 11.1 Å². The SMILES string of the molecule is C=CCN(CC(=O)O)Cc1ccc(COC)cc1. The predicted molar refractivity (Wildman–Crippen MR) is 70.3 cm³/mol. The van der Waals surface area contributed by atoms with Crippen molar-refractivity contribution in [3.63, 3.8) is 0 Å². The molecular formula is C14H19NO3. The quantitative estimate of drug-likeness (QED) is 0.715. The van der Waals surface area contributed by atoms with E-state index in [1.165, 1.54) is 0 Å². The van der Waals surface area contributed by atoms with Crippen LogP contribution in [-0.2, 0) is 22.7 Å². The number of hydrogen-bond acceptors (Lipinski definition) is 3. The van der Waals surface area contributed by atoms with Gasteiger partial charge in [0.15, 0.2) is 0 Å². The number of carbonyl (C=O) groups is 1. The Balaban J connectivity index is 2.62. The fourth-order valence-electron chi connectivity index (χ4n) is 1.72. The minimum Gasteiger partial charge on any atom is -0.480 e. The zero-order valence-electron chi connectivity index (χ0n) is 10.6. The van der Waals surface area contributed by atoms with E-state index < -0.39 is 5.97 Å². The molecule has 4 heteroatoms. The Morgan fingerprint density at radius 2 is 2.00 bits per heavy atom. The maximum atomic E-state index is 10.7. The van der Waals surface area contributed by atoms with E-state index in [1.54, 1.807) is 13.2 Å². The summed E-state index contributed by atoms with van der Waals surface area (Å²) in [6, 6.07) is 7.97. The summed E-state index contributed by atoms with van der Waals surface area (Å²) in [7, 11) is 1.66. The number of carboxylic acids is 1. The lowest BCUT2D eigenvalue weighted by Gasteiger charge is -2.18. The van der Waals surface area contributed by atoms with Crippen molar-refractivity contribution < 1.29 is 14.6 Å². The summed E-state index contributed by atoms with van der Waals surface area (Å²) in [6.45, 7) is 5.41. The number of nitrogens with zero attached hydrogens (tertiary/aromatic N) is 1. The average molecular weight is 249 g/mol. The van der Waals surface area contributed by atoms with Crippen molar-refractivity contribution in [2.75, 3.05) is 20.2 Å². The maximum absolute atomic E-state index is 10.7. The van der Waals surface area contributed by atoms with Crippen molar-refractivity contribution >= 4 is 5.97 Å². The maximum Gasteiger partial charge on any atom is 0.317 e. The normalized spacial score (nSPS) is 10.6. The van der Waals surface area contributed by atoms with Gasteiger partial charge < -0.3 is 9.84 Å². The first-order chi connectivity index (χ1) is 8.65. The lowest BCUT2D eigenvalue weighted by molar-refractivity contribution is -0.138. The second kappa shape index (κ2) is 7.63. The van der Waals surface area contributed by atoms with Crippen LogP contribution in [0.4, 0.5) is 0 Å². The van der Waals surface area contributed by atoms with E-state index in [2.05, 4.69) is 6.58 Å². The number of hydrogen-bond donors (Lipinski definition) is 1. The van der Waals surface area contributed by atoms with Crippen LogP contribution >= 0.6 is 0 Å². The van der Waals surface area contributed by atoms with Gasteiger partial charge >= 0.3 is 5.97 Å². The summed E-state index contributed by atoms with van der Waals surface area (Å²) >= 11 is 0. The van der Waals surface area contributed by atoms with Gasteiger partial charge in [0.05, 0.1) is 13.2 Å². The van der Waals surface area contributed by atoms with Crippen LogP contribution in [-0.4, -0.2) is 36.2 Å². The van der Waals surface area contributed by atoms with Crippen LogP contribution in [0.15, 0.2) is 36.9 Å². The Kier molecular flexibility index (Phi) is 6.11. The molecule has 1 aromatic rings. The van der Waals surface area contributed by atoms with E-state index in [4.69, 9.17) is 9.84 Å². The Hall–Kier alpha value is -1.65. The topological polar surface area (TPSA) is 49.8 Å². The second-order valence-corrected chi connectivity index (χ2v) is 4.10. The molecule has 1 aromatic carbocycles. The van der Waals surface area contributed by atoms with Crippen LogP contribution in [0.25, 0.3) is 0 Å². The van der Waals surface area contributed by atoms with Crippen molar-refractivity contribution in [3.05, 3.63) is 48.0 Å². The molecule has 0 aliphatic carbocycles. The van der Waals surface area contributed by atoms with Gasteiger partial charge in [0.2, 0.25) is 0 Å². The molecule has 0 heterocycles. The number of aliphatic carboxylic acids is 1. The second-order valence-electron chi connectivity index (χ2n) is 4.10. The lowest BCUT2D eigenvalue weighted by atomic mass is 10.1. The minimum absolute atomic E-state index is 0.0197. The van der Waals surface area contributed by atoms with Gasteiger partial charge in [-0.25, -0.2) is 0 Å². The molecule has 0 aliphatic heterocycles. The monoisotopic (exact) mass is 249 g/mol. The molecule has 0 bridgehead atoms. The van der Waals surface area contributed by atoms with Gasteiger partial charge in [-0.3, -0.25) is 9.69 Å². The highest BCUT2D eigenvalue weighted by atomic mass is 16.5. The molecule has 0 aliphatic rings. The Morgan fingerprint density at radius 1 is 1.39 bits per heavy atom. The first-order valence-corrected chi connectivity index (χ1v) is 5.77. The molecule has 0 aromatic heterocycles. The molecule has 0 atom stereocenters. The highest BCUT2D eigenvalue weighted by Gasteiger charge is 2.08. The first-order valence-electron chi connectivity index (χ1n) is 5.77. The molecule has 0 saturated heterocycles. The van der Waals surface area contributed by atoms with Crippen LogP contribution in [0.2, 0.25) is 0 Å². The largest absolute Gasteiger partial charge is 0.480 e. The fraction of sp³-hybridized carbons (Fsp3) is 0.357. The zero-order valence-corrected chi connectivity index (χ0v) is 10.6. The fourth-order valence-corrected chi connectivity index (χ4v) is 1.72. The van der Waals surface area contributed by atoms with E-state index >= 15 is 0 Å². The van der Waals surface area contributed by atoms with Crippen molar-refractivity contribution in [3.8, 4) is 0 Å². The number of rotatable bonds is 8. The van der Waals surface area contributed by atoms with Crippen LogP contribution in [0.3, 0.4) is 0 Å². The van der Waals surface area contributed by atoms with Crippen molar-refractivity contribution in [1.29, 1.82) is 0 Å². The molecule has 0 amide bonds. The van der Waals surface area contributed by atoms with E-state index in [1.807, 2.05) is 29.2 Å². The molecule has 98 valence electrons. The first kappa shape index (κ1) is 14.4. The molecule has 0 radical (unpaired) electrons. The molecule has 0 saturated carbocycles. The highest BCUT2D eigenvalue weighted by molar-refractivity contribution is 5.69. The van der Waals surface area contributed by atoms with E-state index in [9.17, 15) is 4.79 Å². The number of methoxy groups -OCH3 is 1. The van der Waals surface area contributed by atoms with Gasteiger partial charge in [0.1, 0.15) is 0 Å². The predicted octanol–water partition coefficient (Wildman–Crippen LogP) is 1.91. The lowest BCUT2D eigenvalue weighted by Crippen LogP contribution is -2.29. The number of ether oxygens (including phenoxy) is 1. The summed E-state index contributed by atoms with van der Waals surface area (Å²) < 4.78 is 5.04. The Bertz CT molecular complexity index is 387. The standard InChI is InChI=1S/C14H19NO3/c1-3-8-15(10-14(16)17)9-12-4-6-13(7-5-12)11-18-2/h3-7H,1,8-11H2,2H3,(H,16,17). The highest BCUT2D eigenvalue weighted by Crippen LogP contribution is 2.08. The third-order valence-electron chi connectivity index (χ3n) is 2.49. The van der Waals surface area contributed by atoms with Crippen LogP contribution in [0.5, 0.6) is 0 Å². The Labute approximate surface area is 107 Å². The average Bonchev–Trinajstić information content (AvgIpc) is 2.31. The van der Waals surface area contributed by atoms with E-state index in [-0.39, 0.29) is 6.54 Å². The van der Waals surface area contributed by atoms with E-state index in [0.29, 0.717) is 19.7 Å². The van der Waals surface area contributed by atoms with Crippen LogP contribution < -0.4 is 0 Å². The Morgan fingerprint density at radius 3 is 2.50 bits per heavy atom. The van der Waals surface area contributed by atoms with E-state index in [0.717, 1.165) is 11.1 Å². The van der Waals surface area contributed by atoms with Crippen LogP contribution in [0, 0.1) is 0 Å².